The molecule has 5 heteroatoms. The molecule has 0 aliphatic rings. The van der Waals surface area contributed by atoms with Crippen LogP contribution in [0.3, 0.4) is 0 Å². The maximum atomic E-state index is 10.7. The van der Waals surface area contributed by atoms with Crippen LogP contribution in [0.5, 0.6) is 0 Å². The number of nitro groups is 1. The standard InChI is InChI=1S/C9H9N3O2/c1-6-3-9-10-4-7(2)11(9)5-8(6)12(13)14/h3-5H,1-2H3. The van der Waals surface area contributed by atoms with Crippen molar-refractivity contribution in [2.75, 3.05) is 0 Å². The lowest BCUT2D eigenvalue weighted by molar-refractivity contribution is -0.385. The van der Waals surface area contributed by atoms with Crippen LogP contribution in [-0.4, -0.2) is 14.3 Å². The monoisotopic (exact) mass is 191 g/mol. The van der Waals surface area contributed by atoms with Gasteiger partial charge in [0.15, 0.2) is 0 Å². The molecule has 0 bridgehead atoms. The second-order valence-electron chi connectivity index (χ2n) is 3.23. The molecular formula is C9H9N3O2. The largest absolute Gasteiger partial charge is 0.297 e. The number of aryl methyl sites for hydroxylation is 2. The highest BCUT2D eigenvalue weighted by Gasteiger charge is 2.12. The van der Waals surface area contributed by atoms with Crippen LogP contribution in [0, 0.1) is 24.0 Å². The minimum atomic E-state index is -0.381. The van der Waals surface area contributed by atoms with Gasteiger partial charge in [0.05, 0.1) is 11.1 Å². The predicted molar refractivity (Wildman–Crippen MR) is 51.3 cm³/mol. The van der Waals surface area contributed by atoms with Gasteiger partial charge >= 0.3 is 0 Å². The van der Waals surface area contributed by atoms with Gasteiger partial charge < -0.3 is 0 Å². The maximum absolute atomic E-state index is 10.7. The van der Waals surface area contributed by atoms with Crippen molar-refractivity contribution in [1.29, 1.82) is 0 Å². The Hall–Kier alpha value is -1.91. The summed E-state index contributed by atoms with van der Waals surface area (Å²) < 4.78 is 1.71. The minimum absolute atomic E-state index is 0.124. The first kappa shape index (κ1) is 8.68. The van der Waals surface area contributed by atoms with E-state index in [0.29, 0.717) is 5.56 Å². The van der Waals surface area contributed by atoms with Crippen molar-refractivity contribution in [2.45, 2.75) is 13.8 Å². The van der Waals surface area contributed by atoms with Crippen LogP contribution in [0.25, 0.3) is 5.65 Å². The molecule has 0 saturated carbocycles. The van der Waals surface area contributed by atoms with Crippen LogP contribution in [0.2, 0.25) is 0 Å². The van der Waals surface area contributed by atoms with Gasteiger partial charge in [-0.25, -0.2) is 4.98 Å². The van der Waals surface area contributed by atoms with Crippen molar-refractivity contribution in [3.63, 3.8) is 0 Å². The summed E-state index contributed by atoms with van der Waals surface area (Å²) in [5.74, 6) is 0. The van der Waals surface area contributed by atoms with Crippen molar-refractivity contribution < 1.29 is 4.92 Å². The van der Waals surface area contributed by atoms with E-state index in [-0.39, 0.29) is 10.6 Å². The van der Waals surface area contributed by atoms with Gasteiger partial charge in [-0.05, 0) is 19.9 Å². The maximum Gasteiger partial charge on any atom is 0.288 e. The van der Waals surface area contributed by atoms with E-state index >= 15 is 0 Å². The fourth-order valence-electron chi connectivity index (χ4n) is 1.42. The molecule has 5 nitrogen and oxygen atoms in total. The number of hydrogen-bond acceptors (Lipinski definition) is 3. The third-order valence-electron chi connectivity index (χ3n) is 2.21. The molecule has 0 aliphatic heterocycles. The lowest BCUT2D eigenvalue weighted by atomic mass is 10.2. The lowest BCUT2D eigenvalue weighted by Crippen LogP contribution is -1.96. The molecule has 0 spiro atoms. The number of nitrogens with zero attached hydrogens (tertiary/aromatic N) is 3. The highest BCUT2D eigenvalue weighted by atomic mass is 16.6. The van der Waals surface area contributed by atoms with Crippen LogP contribution in [0.4, 0.5) is 5.69 Å². The predicted octanol–water partition coefficient (Wildman–Crippen LogP) is 1.86. The molecule has 0 fully saturated rings. The molecule has 14 heavy (non-hydrogen) atoms. The van der Waals surface area contributed by atoms with Crippen molar-refractivity contribution in [2.24, 2.45) is 0 Å². The zero-order valence-electron chi connectivity index (χ0n) is 7.89. The fraction of sp³-hybridized carbons (Fsp3) is 0.222. The van der Waals surface area contributed by atoms with Gasteiger partial charge in [-0.3, -0.25) is 14.5 Å². The Morgan fingerprint density at radius 2 is 2.21 bits per heavy atom. The Morgan fingerprint density at radius 1 is 1.50 bits per heavy atom. The molecule has 2 rings (SSSR count). The Bertz CT molecular complexity index is 516. The van der Waals surface area contributed by atoms with Gasteiger partial charge in [-0.2, -0.15) is 0 Å². The number of fused-ring (bicyclic) bond motifs is 1. The summed E-state index contributed by atoms with van der Waals surface area (Å²) in [6, 6.07) is 1.71. The first-order valence-corrected chi connectivity index (χ1v) is 4.18. The molecule has 0 amide bonds. The Labute approximate surface area is 80.2 Å². The van der Waals surface area contributed by atoms with Gasteiger partial charge in [0, 0.05) is 17.5 Å². The van der Waals surface area contributed by atoms with E-state index in [1.165, 1.54) is 6.20 Å². The highest BCUT2D eigenvalue weighted by Crippen LogP contribution is 2.19. The first-order valence-electron chi connectivity index (χ1n) is 4.18. The van der Waals surface area contributed by atoms with Crippen LogP contribution >= 0.6 is 0 Å². The number of aromatic nitrogens is 2. The zero-order chi connectivity index (χ0) is 10.3. The average molecular weight is 191 g/mol. The SMILES string of the molecule is Cc1cc2ncc(C)n2cc1[N+](=O)[O-]. The topological polar surface area (TPSA) is 60.4 Å². The number of rotatable bonds is 1. The Morgan fingerprint density at radius 3 is 2.86 bits per heavy atom. The summed E-state index contributed by atoms with van der Waals surface area (Å²) in [6.45, 7) is 3.57. The molecule has 0 atom stereocenters. The van der Waals surface area contributed by atoms with Crippen LogP contribution in [0.1, 0.15) is 11.3 Å². The quantitative estimate of drug-likeness (QED) is 0.510. The second-order valence-corrected chi connectivity index (χ2v) is 3.23. The van der Waals surface area contributed by atoms with Crippen molar-refractivity contribution in [3.8, 4) is 0 Å². The summed E-state index contributed by atoms with van der Waals surface area (Å²) in [4.78, 5) is 14.4. The van der Waals surface area contributed by atoms with Crippen LogP contribution in [0.15, 0.2) is 18.5 Å². The van der Waals surface area contributed by atoms with Gasteiger partial charge in [-0.1, -0.05) is 0 Å². The third-order valence-corrected chi connectivity index (χ3v) is 2.21. The van der Waals surface area contributed by atoms with Crippen LogP contribution < -0.4 is 0 Å². The molecule has 0 N–H and O–H groups in total. The molecule has 2 aromatic rings. The summed E-state index contributed by atoms with van der Waals surface area (Å²) in [6.07, 6.45) is 3.20. The molecule has 0 saturated heterocycles. The third kappa shape index (κ3) is 1.14. The summed E-state index contributed by atoms with van der Waals surface area (Å²) in [5.41, 5.74) is 2.39. The smallest absolute Gasteiger partial charge is 0.288 e. The van der Waals surface area contributed by atoms with Gasteiger partial charge in [-0.15, -0.1) is 0 Å². The van der Waals surface area contributed by atoms with Gasteiger partial charge in [0.2, 0.25) is 0 Å². The molecule has 0 unspecified atom stereocenters. The summed E-state index contributed by atoms with van der Waals surface area (Å²) >= 11 is 0. The van der Waals surface area contributed by atoms with E-state index in [0.717, 1.165) is 11.3 Å². The van der Waals surface area contributed by atoms with E-state index in [2.05, 4.69) is 4.98 Å². The van der Waals surface area contributed by atoms with Crippen molar-refractivity contribution in [1.82, 2.24) is 9.38 Å². The molecule has 72 valence electrons. The highest BCUT2D eigenvalue weighted by molar-refractivity contribution is 5.51. The Balaban J connectivity index is 2.80. The van der Waals surface area contributed by atoms with E-state index in [9.17, 15) is 10.1 Å². The minimum Gasteiger partial charge on any atom is -0.297 e. The second kappa shape index (κ2) is 2.80. The molecule has 2 heterocycles. The van der Waals surface area contributed by atoms with Crippen molar-refractivity contribution in [3.05, 3.63) is 39.8 Å². The molecule has 0 aromatic carbocycles. The average Bonchev–Trinajstić information content (AvgIpc) is 2.46. The summed E-state index contributed by atoms with van der Waals surface area (Å²) in [7, 11) is 0. The Kier molecular flexibility index (Phi) is 1.73. The van der Waals surface area contributed by atoms with Crippen molar-refractivity contribution >= 4 is 11.3 Å². The van der Waals surface area contributed by atoms with Gasteiger partial charge in [0.1, 0.15) is 5.65 Å². The van der Waals surface area contributed by atoms with Crippen LogP contribution in [-0.2, 0) is 0 Å². The zero-order valence-corrected chi connectivity index (χ0v) is 7.89. The summed E-state index contributed by atoms with van der Waals surface area (Å²) in [5, 5.41) is 10.7. The number of imidazole rings is 1. The number of hydrogen-bond donors (Lipinski definition) is 0. The van der Waals surface area contributed by atoms with E-state index < -0.39 is 0 Å². The molecule has 0 aliphatic carbocycles. The normalized spacial score (nSPS) is 10.7. The first-order chi connectivity index (χ1) is 6.59. The van der Waals surface area contributed by atoms with E-state index in [4.69, 9.17) is 0 Å². The van der Waals surface area contributed by atoms with E-state index in [1.54, 1.807) is 23.6 Å². The lowest BCUT2D eigenvalue weighted by Gasteiger charge is -1.99. The van der Waals surface area contributed by atoms with Gasteiger partial charge in [0.25, 0.3) is 5.69 Å². The molecular weight excluding hydrogens is 182 g/mol. The fourth-order valence-corrected chi connectivity index (χ4v) is 1.42. The van der Waals surface area contributed by atoms with E-state index in [1.807, 2.05) is 6.92 Å². The number of pyridine rings is 1. The molecule has 0 radical (unpaired) electrons. The molecule has 2 aromatic heterocycles.